The molecule has 2 rings (SSSR count). The number of carbonyl (C=O) groups is 1. The summed E-state index contributed by atoms with van der Waals surface area (Å²) in [6, 6.07) is 2.23. The van der Waals surface area contributed by atoms with Crippen LogP contribution in [0.2, 0.25) is 0 Å². The van der Waals surface area contributed by atoms with Crippen LogP contribution in [-0.4, -0.2) is 27.1 Å². The lowest BCUT2D eigenvalue weighted by Gasteiger charge is -2.07. The average Bonchev–Trinajstić information content (AvgIpc) is 2.80. The number of imidazole rings is 1. The number of nitrogens with zero attached hydrogens (tertiary/aromatic N) is 1. The first-order chi connectivity index (χ1) is 9.47. The van der Waals surface area contributed by atoms with E-state index in [2.05, 4.69) is 9.97 Å². The fourth-order valence-corrected chi connectivity index (χ4v) is 1.83. The zero-order valence-electron chi connectivity index (χ0n) is 10.4. The molecule has 106 valence electrons. The van der Waals surface area contributed by atoms with Crippen molar-refractivity contribution in [1.29, 1.82) is 0 Å². The van der Waals surface area contributed by atoms with Crippen LogP contribution in [-0.2, 0) is 17.6 Å². The number of benzene rings is 1. The highest BCUT2D eigenvalue weighted by atomic mass is 19.1. The first kappa shape index (κ1) is 14.1. The molecule has 1 heterocycles. The maximum Gasteiger partial charge on any atom is 0.320 e. The fourth-order valence-electron chi connectivity index (χ4n) is 1.83. The molecule has 0 amide bonds. The summed E-state index contributed by atoms with van der Waals surface area (Å²) in [4.78, 5) is 17.5. The van der Waals surface area contributed by atoms with Crippen molar-refractivity contribution in [3.63, 3.8) is 0 Å². The molecule has 0 spiro atoms. The third-order valence-electron chi connectivity index (χ3n) is 2.92. The molecule has 4 N–H and O–H groups in total. The summed E-state index contributed by atoms with van der Waals surface area (Å²) in [5, 5.41) is 8.77. The lowest BCUT2D eigenvalue weighted by Crippen LogP contribution is -2.32. The maximum atomic E-state index is 13.6. The van der Waals surface area contributed by atoms with E-state index in [1.165, 1.54) is 12.4 Å². The van der Waals surface area contributed by atoms with Crippen molar-refractivity contribution in [1.82, 2.24) is 9.97 Å². The van der Waals surface area contributed by atoms with E-state index < -0.39 is 23.6 Å². The number of H-pyrrole nitrogens is 1. The predicted octanol–water partition coefficient (Wildman–Crippen LogP) is 1.23. The molecule has 0 aliphatic heterocycles. The Labute approximate surface area is 113 Å². The monoisotopic (exact) mass is 281 g/mol. The number of carboxylic acid groups (broad SMARTS) is 1. The largest absolute Gasteiger partial charge is 0.480 e. The Balaban J connectivity index is 2.18. The molecule has 0 unspecified atom stereocenters. The van der Waals surface area contributed by atoms with Crippen LogP contribution in [0, 0.1) is 11.6 Å². The van der Waals surface area contributed by atoms with Gasteiger partial charge in [0, 0.05) is 24.6 Å². The molecule has 0 aliphatic carbocycles. The Bertz CT molecular complexity index is 628. The smallest absolute Gasteiger partial charge is 0.320 e. The highest BCUT2D eigenvalue weighted by Crippen LogP contribution is 2.16. The molecule has 5 nitrogen and oxygen atoms in total. The van der Waals surface area contributed by atoms with E-state index in [4.69, 9.17) is 10.8 Å². The second-order valence-corrected chi connectivity index (χ2v) is 4.39. The number of nitrogens with one attached hydrogen (secondary N) is 1. The third kappa shape index (κ3) is 3.18. The zero-order chi connectivity index (χ0) is 14.7. The summed E-state index contributed by atoms with van der Waals surface area (Å²) in [5.41, 5.74) is 6.76. The molecule has 1 aromatic carbocycles. The molecular weight excluding hydrogens is 268 g/mol. The van der Waals surface area contributed by atoms with Gasteiger partial charge < -0.3 is 15.8 Å². The molecule has 0 bridgehead atoms. The van der Waals surface area contributed by atoms with Gasteiger partial charge in [0.25, 0.3) is 0 Å². The van der Waals surface area contributed by atoms with E-state index in [1.807, 2.05) is 0 Å². The quantitative estimate of drug-likeness (QED) is 0.768. The number of nitrogens with two attached hydrogens (primary N) is 1. The minimum absolute atomic E-state index is 0.0387. The van der Waals surface area contributed by atoms with E-state index in [0.29, 0.717) is 17.0 Å². The van der Waals surface area contributed by atoms with Gasteiger partial charge in [-0.15, -0.1) is 0 Å². The van der Waals surface area contributed by atoms with Crippen molar-refractivity contribution in [2.75, 3.05) is 0 Å². The van der Waals surface area contributed by atoms with Gasteiger partial charge in [-0.3, -0.25) is 4.79 Å². The summed E-state index contributed by atoms with van der Waals surface area (Å²) in [5.74, 6) is -2.44. The van der Waals surface area contributed by atoms with Crippen molar-refractivity contribution >= 4 is 5.97 Å². The first-order valence-corrected chi connectivity index (χ1v) is 5.91. The summed E-state index contributed by atoms with van der Waals surface area (Å²) < 4.78 is 26.4. The number of aliphatic carboxylic acids is 1. The molecule has 7 heteroatoms. The van der Waals surface area contributed by atoms with E-state index >= 15 is 0 Å². The molecule has 0 saturated carbocycles. The van der Waals surface area contributed by atoms with Crippen molar-refractivity contribution in [2.45, 2.75) is 18.9 Å². The van der Waals surface area contributed by atoms with Gasteiger partial charge in [0.1, 0.15) is 17.7 Å². The zero-order valence-corrected chi connectivity index (χ0v) is 10.4. The van der Waals surface area contributed by atoms with Crippen LogP contribution in [0.5, 0.6) is 0 Å². The molecule has 20 heavy (non-hydrogen) atoms. The molecule has 2 aromatic rings. The van der Waals surface area contributed by atoms with Gasteiger partial charge in [-0.1, -0.05) is 6.07 Å². The van der Waals surface area contributed by atoms with Crippen molar-refractivity contribution in [2.24, 2.45) is 5.73 Å². The van der Waals surface area contributed by atoms with Crippen LogP contribution < -0.4 is 5.73 Å². The third-order valence-corrected chi connectivity index (χ3v) is 2.92. The Hall–Kier alpha value is -2.28. The van der Waals surface area contributed by atoms with Gasteiger partial charge >= 0.3 is 5.97 Å². The Kier molecular flexibility index (Phi) is 4.09. The number of hydrogen-bond donors (Lipinski definition) is 3. The van der Waals surface area contributed by atoms with Gasteiger partial charge in [-0.05, 0) is 11.6 Å². The normalized spacial score (nSPS) is 12.3. The van der Waals surface area contributed by atoms with Crippen LogP contribution in [0.1, 0.15) is 17.0 Å². The number of aromatic amines is 1. The number of hydrogen-bond acceptors (Lipinski definition) is 3. The molecular formula is C13H13F2N3O2. The lowest BCUT2D eigenvalue weighted by molar-refractivity contribution is -0.138. The van der Waals surface area contributed by atoms with Crippen LogP contribution in [0.25, 0.3) is 0 Å². The minimum atomic E-state index is -1.13. The molecule has 1 atom stereocenters. The molecule has 0 fully saturated rings. The number of carboxylic acids is 1. The van der Waals surface area contributed by atoms with E-state index in [9.17, 15) is 13.6 Å². The van der Waals surface area contributed by atoms with Gasteiger partial charge in [0.2, 0.25) is 0 Å². The van der Waals surface area contributed by atoms with Crippen molar-refractivity contribution in [3.05, 3.63) is 53.1 Å². The first-order valence-electron chi connectivity index (χ1n) is 5.91. The van der Waals surface area contributed by atoms with Crippen LogP contribution in [0.3, 0.4) is 0 Å². The van der Waals surface area contributed by atoms with E-state index in [0.717, 1.165) is 12.1 Å². The standard InChI is InChI=1S/C13H13F2N3O2/c14-8-2-1-7(9(15)4-8)3-11-12(18-6-17-11)5-10(16)13(19)20/h1-2,4,6,10H,3,5,16H2,(H,17,18)(H,19,20)/t10-/m0/s1. The summed E-state index contributed by atoms with van der Waals surface area (Å²) in [6.07, 6.45) is 1.59. The summed E-state index contributed by atoms with van der Waals surface area (Å²) in [6.45, 7) is 0. The average molecular weight is 281 g/mol. The second-order valence-electron chi connectivity index (χ2n) is 4.39. The lowest BCUT2D eigenvalue weighted by atomic mass is 10.0. The van der Waals surface area contributed by atoms with Crippen molar-refractivity contribution < 1.29 is 18.7 Å². The van der Waals surface area contributed by atoms with Crippen LogP contribution in [0.15, 0.2) is 24.5 Å². The van der Waals surface area contributed by atoms with Gasteiger partial charge in [0.15, 0.2) is 0 Å². The fraction of sp³-hybridized carbons (Fsp3) is 0.231. The molecule has 0 radical (unpaired) electrons. The summed E-state index contributed by atoms with van der Waals surface area (Å²) >= 11 is 0. The molecule has 1 aromatic heterocycles. The SMILES string of the molecule is N[C@@H](Cc1nc[nH]c1Cc1ccc(F)cc1F)C(=O)O. The Morgan fingerprint density at radius 1 is 1.45 bits per heavy atom. The number of rotatable bonds is 5. The minimum Gasteiger partial charge on any atom is -0.480 e. The van der Waals surface area contributed by atoms with Crippen molar-refractivity contribution in [3.8, 4) is 0 Å². The highest BCUT2D eigenvalue weighted by molar-refractivity contribution is 5.73. The van der Waals surface area contributed by atoms with E-state index in [-0.39, 0.29) is 12.8 Å². The predicted molar refractivity (Wildman–Crippen MR) is 67.1 cm³/mol. The Morgan fingerprint density at radius 3 is 2.85 bits per heavy atom. The second kappa shape index (κ2) is 5.79. The van der Waals surface area contributed by atoms with Crippen LogP contribution >= 0.6 is 0 Å². The van der Waals surface area contributed by atoms with E-state index in [1.54, 1.807) is 0 Å². The number of halogens is 2. The highest BCUT2D eigenvalue weighted by Gasteiger charge is 2.17. The maximum absolute atomic E-state index is 13.6. The summed E-state index contributed by atoms with van der Waals surface area (Å²) in [7, 11) is 0. The molecule has 0 saturated heterocycles. The van der Waals surface area contributed by atoms with Gasteiger partial charge in [-0.25, -0.2) is 13.8 Å². The Morgan fingerprint density at radius 2 is 2.20 bits per heavy atom. The van der Waals surface area contributed by atoms with Gasteiger partial charge in [-0.2, -0.15) is 0 Å². The topological polar surface area (TPSA) is 92.0 Å². The molecule has 0 aliphatic rings. The van der Waals surface area contributed by atoms with Gasteiger partial charge in [0.05, 0.1) is 12.0 Å². The van der Waals surface area contributed by atoms with Crippen LogP contribution in [0.4, 0.5) is 8.78 Å². The number of aromatic nitrogens is 2.